The van der Waals surface area contributed by atoms with Gasteiger partial charge in [0.1, 0.15) is 17.2 Å². The van der Waals surface area contributed by atoms with Crippen molar-refractivity contribution in [1.29, 1.82) is 0 Å². The summed E-state index contributed by atoms with van der Waals surface area (Å²) in [7, 11) is 0. The van der Waals surface area contributed by atoms with Crippen LogP contribution >= 0.6 is 0 Å². The number of benzene rings is 1. The zero-order valence-corrected chi connectivity index (χ0v) is 12.4. The SMILES string of the molecule is Cc1oc2ccccc2c1-c1nc(CC(C)C)cc(=O)[nH]1. The Morgan fingerprint density at radius 2 is 2.05 bits per heavy atom. The van der Waals surface area contributed by atoms with Crippen molar-refractivity contribution in [1.82, 2.24) is 9.97 Å². The first-order valence-electron chi connectivity index (χ1n) is 7.13. The zero-order valence-electron chi connectivity index (χ0n) is 12.4. The van der Waals surface area contributed by atoms with Crippen LogP contribution in [0.3, 0.4) is 0 Å². The number of H-pyrrole nitrogens is 1. The molecule has 0 unspecified atom stereocenters. The number of para-hydroxylation sites is 1. The summed E-state index contributed by atoms with van der Waals surface area (Å²) in [5.41, 5.74) is 2.36. The van der Waals surface area contributed by atoms with Crippen molar-refractivity contribution in [3.05, 3.63) is 52.1 Å². The Bertz CT molecular complexity index is 843. The Labute approximate surface area is 122 Å². The Kier molecular flexibility index (Phi) is 3.37. The minimum Gasteiger partial charge on any atom is -0.461 e. The molecule has 0 bridgehead atoms. The Morgan fingerprint density at radius 3 is 2.81 bits per heavy atom. The third-order valence-corrected chi connectivity index (χ3v) is 3.42. The maximum Gasteiger partial charge on any atom is 0.251 e. The Balaban J connectivity index is 2.21. The van der Waals surface area contributed by atoms with E-state index in [-0.39, 0.29) is 5.56 Å². The predicted octanol–water partition coefficient (Wildman–Crippen LogP) is 3.69. The first-order chi connectivity index (χ1) is 10.0. The molecule has 0 fully saturated rings. The molecule has 4 heteroatoms. The minimum absolute atomic E-state index is 0.125. The van der Waals surface area contributed by atoms with Crippen LogP contribution in [0.15, 0.2) is 39.5 Å². The van der Waals surface area contributed by atoms with Crippen LogP contribution in [0, 0.1) is 12.8 Å². The lowest BCUT2D eigenvalue weighted by molar-refractivity contribution is 0.579. The van der Waals surface area contributed by atoms with E-state index < -0.39 is 0 Å². The topological polar surface area (TPSA) is 58.9 Å². The van der Waals surface area contributed by atoms with Crippen LogP contribution in [-0.4, -0.2) is 9.97 Å². The Morgan fingerprint density at radius 1 is 1.29 bits per heavy atom. The van der Waals surface area contributed by atoms with Crippen molar-refractivity contribution in [2.75, 3.05) is 0 Å². The fraction of sp³-hybridized carbons (Fsp3) is 0.294. The van der Waals surface area contributed by atoms with Crippen molar-refractivity contribution in [3.63, 3.8) is 0 Å². The fourth-order valence-corrected chi connectivity index (χ4v) is 2.61. The third-order valence-electron chi connectivity index (χ3n) is 3.42. The molecule has 21 heavy (non-hydrogen) atoms. The molecule has 3 aromatic rings. The molecule has 3 rings (SSSR count). The molecule has 0 aliphatic heterocycles. The van der Waals surface area contributed by atoms with Crippen LogP contribution in [0.1, 0.15) is 25.3 Å². The highest BCUT2D eigenvalue weighted by Crippen LogP contribution is 2.31. The first kappa shape index (κ1) is 13.6. The number of nitrogens with zero attached hydrogens (tertiary/aromatic N) is 1. The summed E-state index contributed by atoms with van der Waals surface area (Å²) < 4.78 is 5.75. The Hall–Kier alpha value is -2.36. The van der Waals surface area contributed by atoms with Crippen molar-refractivity contribution < 1.29 is 4.42 Å². The van der Waals surface area contributed by atoms with Gasteiger partial charge in [0.25, 0.3) is 5.56 Å². The lowest BCUT2D eigenvalue weighted by Gasteiger charge is -2.06. The van der Waals surface area contributed by atoms with E-state index in [0.29, 0.717) is 11.7 Å². The van der Waals surface area contributed by atoms with Crippen molar-refractivity contribution in [2.24, 2.45) is 5.92 Å². The van der Waals surface area contributed by atoms with Gasteiger partial charge in [-0.15, -0.1) is 0 Å². The highest BCUT2D eigenvalue weighted by molar-refractivity contribution is 5.93. The molecule has 0 saturated heterocycles. The lowest BCUT2D eigenvalue weighted by atomic mass is 10.1. The van der Waals surface area contributed by atoms with Gasteiger partial charge in [0.2, 0.25) is 0 Å². The van der Waals surface area contributed by atoms with E-state index in [1.807, 2.05) is 31.2 Å². The number of hydrogen-bond donors (Lipinski definition) is 1. The second kappa shape index (κ2) is 5.20. The van der Waals surface area contributed by atoms with Crippen LogP contribution in [0.4, 0.5) is 0 Å². The summed E-state index contributed by atoms with van der Waals surface area (Å²) in [6, 6.07) is 9.36. The van der Waals surface area contributed by atoms with Crippen molar-refractivity contribution in [2.45, 2.75) is 27.2 Å². The van der Waals surface area contributed by atoms with E-state index in [4.69, 9.17) is 4.42 Å². The minimum atomic E-state index is -0.125. The molecule has 0 radical (unpaired) electrons. The summed E-state index contributed by atoms with van der Waals surface area (Å²) in [5.74, 6) is 1.80. The largest absolute Gasteiger partial charge is 0.461 e. The number of furan rings is 1. The molecule has 4 nitrogen and oxygen atoms in total. The zero-order chi connectivity index (χ0) is 15.0. The van der Waals surface area contributed by atoms with Gasteiger partial charge in [0.05, 0.1) is 5.56 Å². The maximum absolute atomic E-state index is 11.9. The standard InChI is InChI=1S/C17H18N2O2/c1-10(2)8-12-9-15(20)19-17(18-12)16-11(3)21-14-7-5-4-6-13(14)16/h4-7,9-10H,8H2,1-3H3,(H,18,19,20). The average molecular weight is 282 g/mol. The molecule has 2 aromatic heterocycles. The summed E-state index contributed by atoms with van der Waals surface area (Å²) in [5, 5.41) is 0.972. The van der Waals surface area contributed by atoms with Gasteiger partial charge in [0.15, 0.2) is 0 Å². The van der Waals surface area contributed by atoms with Crippen LogP contribution in [0.25, 0.3) is 22.4 Å². The first-order valence-corrected chi connectivity index (χ1v) is 7.13. The van der Waals surface area contributed by atoms with Crippen LogP contribution < -0.4 is 5.56 Å². The molecule has 0 saturated carbocycles. The molecule has 1 aromatic carbocycles. The second-order valence-electron chi connectivity index (χ2n) is 5.71. The monoisotopic (exact) mass is 282 g/mol. The highest BCUT2D eigenvalue weighted by atomic mass is 16.3. The highest BCUT2D eigenvalue weighted by Gasteiger charge is 2.15. The lowest BCUT2D eigenvalue weighted by Crippen LogP contribution is -2.12. The van der Waals surface area contributed by atoms with Crippen LogP contribution in [0.2, 0.25) is 0 Å². The van der Waals surface area contributed by atoms with E-state index in [1.54, 1.807) is 6.07 Å². The molecule has 0 aliphatic carbocycles. The number of hydrogen-bond acceptors (Lipinski definition) is 3. The van der Waals surface area contributed by atoms with Gasteiger partial charge in [-0.3, -0.25) is 4.79 Å². The molecule has 108 valence electrons. The van der Waals surface area contributed by atoms with E-state index in [1.165, 1.54) is 0 Å². The maximum atomic E-state index is 11.9. The van der Waals surface area contributed by atoms with E-state index in [9.17, 15) is 4.79 Å². The normalized spacial score (nSPS) is 11.4. The van der Waals surface area contributed by atoms with Gasteiger partial charge in [-0.1, -0.05) is 32.0 Å². The van der Waals surface area contributed by atoms with Gasteiger partial charge in [0, 0.05) is 17.1 Å². The van der Waals surface area contributed by atoms with Gasteiger partial charge in [-0.25, -0.2) is 4.98 Å². The second-order valence-corrected chi connectivity index (χ2v) is 5.71. The van der Waals surface area contributed by atoms with Gasteiger partial charge >= 0.3 is 0 Å². The van der Waals surface area contributed by atoms with Crippen LogP contribution in [0.5, 0.6) is 0 Å². The number of aryl methyl sites for hydroxylation is 1. The summed E-state index contributed by atoms with van der Waals surface area (Å²) >= 11 is 0. The fourth-order valence-electron chi connectivity index (χ4n) is 2.61. The molecule has 1 N–H and O–H groups in total. The number of nitrogens with one attached hydrogen (secondary N) is 1. The quantitative estimate of drug-likeness (QED) is 0.797. The average Bonchev–Trinajstić information content (AvgIpc) is 2.72. The number of rotatable bonds is 3. The molecule has 0 amide bonds. The third kappa shape index (κ3) is 2.61. The summed E-state index contributed by atoms with van der Waals surface area (Å²) in [4.78, 5) is 19.4. The van der Waals surface area contributed by atoms with Gasteiger partial charge in [-0.05, 0) is 25.3 Å². The van der Waals surface area contributed by atoms with Crippen molar-refractivity contribution >= 4 is 11.0 Å². The van der Waals surface area contributed by atoms with E-state index in [0.717, 1.165) is 34.4 Å². The number of aromatic nitrogens is 2. The summed E-state index contributed by atoms with van der Waals surface area (Å²) in [6.45, 7) is 6.12. The molecular weight excluding hydrogens is 264 g/mol. The van der Waals surface area contributed by atoms with E-state index in [2.05, 4.69) is 23.8 Å². The predicted molar refractivity (Wildman–Crippen MR) is 83.3 cm³/mol. The van der Waals surface area contributed by atoms with Crippen molar-refractivity contribution in [3.8, 4) is 11.4 Å². The molecule has 0 spiro atoms. The molecule has 0 aliphatic rings. The molecular formula is C17H18N2O2. The van der Waals surface area contributed by atoms with E-state index >= 15 is 0 Å². The summed E-state index contributed by atoms with van der Waals surface area (Å²) in [6.07, 6.45) is 0.783. The number of aromatic amines is 1. The van der Waals surface area contributed by atoms with Gasteiger partial charge < -0.3 is 9.40 Å². The molecule has 2 heterocycles. The van der Waals surface area contributed by atoms with Crippen LogP contribution in [-0.2, 0) is 6.42 Å². The smallest absolute Gasteiger partial charge is 0.251 e. The number of fused-ring (bicyclic) bond motifs is 1. The van der Waals surface area contributed by atoms with Gasteiger partial charge in [-0.2, -0.15) is 0 Å². The molecule has 0 atom stereocenters.